The molecule has 5 nitrogen and oxygen atoms in total. The van der Waals surface area contributed by atoms with Gasteiger partial charge in [0.05, 0.1) is 12.5 Å². The van der Waals surface area contributed by atoms with E-state index in [-0.39, 0.29) is 6.42 Å². The summed E-state index contributed by atoms with van der Waals surface area (Å²) in [4.78, 5) is 22.4. The molecule has 0 aliphatic carbocycles. The molecule has 98 valence electrons. The van der Waals surface area contributed by atoms with E-state index in [0.717, 1.165) is 10.8 Å². The Kier molecular flexibility index (Phi) is 3.77. The molecule has 1 atom stereocenters. The van der Waals surface area contributed by atoms with Gasteiger partial charge in [-0.1, -0.05) is 30.3 Å². The normalized spacial score (nSPS) is 12.1. The first-order valence-electron chi connectivity index (χ1n) is 5.90. The van der Waals surface area contributed by atoms with E-state index >= 15 is 0 Å². The van der Waals surface area contributed by atoms with Gasteiger partial charge in [-0.15, -0.1) is 0 Å². The van der Waals surface area contributed by atoms with Crippen molar-refractivity contribution in [2.24, 2.45) is 11.5 Å². The number of nitrogens with one attached hydrogen (secondary N) is 1. The molecule has 0 unspecified atom stereocenters. The van der Waals surface area contributed by atoms with E-state index in [0.29, 0.717) is 5.69 Å². The highest BCUT2D eigenvalue weighted by Gasteiger charge is 2.15. The fraction of sp³-hybridized carbons (Fsp3) is 0.143. The van der Waals surface area contributed by atoms with E-state index in [1.165, 1.54) is 0 Å². The summed E-state index contributed by atoms with van der Waals surface area (Å²) in [5.74, 6) is -1.02. The van der Waals surface area contributed by atoms with Crippen molar-refractivity contribution in [1.82, 2.24) is 0 Å². The molecule has 5 N–H and O–H groups in total. The van der Waals surface area contributed by atoms with Crippen LogP contribution in [0.15, 0.2) is 42.5 Å². The van der Waals surface area contributed by atoms with Gasteiger partial charge in [0.15, 0.2) is 0 Å². The lowest BCUT2D eigenvalue weighted by atomic mass is 10.1. The standard InChI is InChI=1S/C14H15N3O2/c15-12(8-13(16)18)14(19)17-11-6-5-9-3-1-2-4-10(9)7-11/h1-7,12H,8,15H2,(H2,16,18)(H,17,19)/t12-/m1/s1. The van der Waals surface area contributed by atoms with Gasteiger partial charge in [-0.3, -0.25) is 9.59 Å². The van der Waals surface area contributed by atoms with Crippen LogP contribution in [0.2, 0.25) is 0 Å². The van der Waals surface area contributed by atoms with Crippen molar-refractivity contribution in [1.29, 1.82) is 0 Å². The Bertz CT molecular complexity index is 625. The van der Waals surface area contributed by atoms with Crippen molar-refractivity contribution in [3.8, 4) is 0 Å². The summed E-state index contributed by atoms with van der Waals surface area (Å²) in [5, 5.41) is 4.77. The molecule has 0 saturated heterocycles. The maximum Gasteiger partial charge on any atom is 0.241 e. The van der Waals surface area contributed by atoms with E-state index in [4.69, 9.17) is 11.5 Å². The minimum Gasteiger partial charge on any atom is -0.370 e. The van der Waals surface area contributed by atoms with Crippen LogP contribution in [0.1, 0.15) is 6.42 Å². The number of fused-ring (bicyclic) bond motifs is 1. The summed E-state index contributed by atoms with van der Waals surface area (Å²) in [7, 11) is 0. The second-order valence-corrected chi connectivity index (χ2v) is 4.33. The van der Waals surface area contributed by atoms with Gasteiger partial charge in [0, 0.05) is 5.69 Å². The zero-order valence-electron chi connectivity index (χ0n) is 10.3. The number of benzene rings is 2. The smallest absolute Gasteiger partial charge is 0.241 e. The third kappa shape index (κ3) is 3.29. The Morgan fingerprint density at radius 2 is 1.79 bits per heavy atom. The molecule has 0 radical (unpaired) electrons. The van der Waals surface area contributed by atoms with Crippen LogP contribution < -0.4 is 16.8 Å². The van der Waals surface area contributed by atoms with Gasteiger partial charge in [0.1, 0.15) is 0 Å². The van der Waals surface area contributed by atoms with Crippen molar-refractivity contribution in [2.75, 3.05) is 5.32 Å². The number of amides is 2. The Morgan fingerprint density at radius 3 is 2.47 bits per heavy atom. The fourth-order valence-corrected chi connectivity index (χ4v) is 1.81. The molecule has 19 heavy (non-hydrogen) atoms. The molecule has 0 bridgehead atoms. The average Bonchev–Trinajstić information content (AvgIpc) is 2.37. The molecule has 2 aromatic carbocycles. The van der Waals surface area contributed by atoms with Crippen LogP contribution in [-0.2, 0) is 9.59 Å². The van der Waals surface area contributed by atoms with Crippen LogP contribution >= 0.6 is 0 Å². The van der Waals surface area contributed by atoms with Gasteiger partial charge in [0.25, 0.3) is 0 Å². The summed E-state index contributed by atoms with van der Waals surface area (Å²) < 4.78 is 0. The number of carbonyl (C=O) groups is 2. The molecular formula is C14H15N3O2. The van der Waals surface area contributed by atoms with Crippen LogP contribution in [0.5, 0.6) is 0 Å². The highest BCUT2D eigenvalue weighted by Crippen LogP contribution is 2.18. The van der Waals surface area contributed by atoms with Gasteiger partial charge in [-0.05, 0) is 22.9 Å². The molecule has 0 heterocycles. The second-order valence-electron chi connectivity index (χ2n) is 4.33. The van der Waals surface area contributed by atoms with E-state index in [1.807, 2.05) is 36.4 Å². The Morgan fingerprint density at radius 1 is 1.11 bits per heavy atom. The Balaban J connectivity index is 2.12. The fourth-order valence-electron chi connectivity index (χ4n) is 1.81. The monoisotopic (exact) mass is 257 g/mol. The van der Waals surface area contributed by atoms with Crippen LogP contribution in [0.3, 0.4) is 0 Å². The van der Waals surface area contributed by atoms with Crippen molar-refractivity contribution < 1.29 is 9.59 Å². The first-order chi connectivity index (χ1) is 9.06. The molecule has 2 amide bonds. The molecule has 0 aliphatic rings. The topological polar surface area (TPSA) is 98.2 Å². The van der Waals surface area contributed by atoms with Gasteiger partial charge >= 0.3 is 0 Å². The van der Waals surface area contributed by atoms with Crippen molar-refractivity contribution in [3.05, 3.63) is 42.5 Å². The van der Waals surface area contributed by atoms with Gasteiger partial charge in [0.2, 0.25) is 11.8 Å². The lowest BCUT2D eigenvalue weighted by molar-refractivity contribution is -0.123. The molecule has 0 aliphatic heterocycles. The summed E-state index contributed by atoms with van der Waals surface area (Å²) in [6.45, 7) is 0. The summed E-state index contributed by atoms with van der Waals surface area (Å²) in [5.41, 5.74) is 11.2. The largest absolute Gasteiger partial charge is 0.370 e. The van der Waals surface area contributed by atoms with E-state index in [2.05, 4.69) is 5.32 Å². The lowest BCUT2D eigenvalue weighted by Gasteiger charge is -2.11. The highest BCUT2D eigenvalue weighted by molar-refractivity contribution is 5.98. The zero-order chi connectivity index (χ0) is 13.8. The van der Waals surface area contributed by atoms with Crippen molar-refractivity contribution >= 4 is 28.3 Å². The van der Waals surface area contributed by atoms with E-state index < -0.39 is 17.9 Å². The van der Waals surface area contributed by atoms with Crippen LogP contribution in [-0.4, -0.2) is 17.9 Å². The zero-order valence-corrected chi connectivity index (χ0v) is 10.3. The number of carbonyl (C=O) groups excluding carboxylic acids is 2. The maximum atomic E-state index is 11.7. The quantitative estimate of drug-likeness (QED) is 0.761. The number of hydrogen-bond acceptors (Lipinski definition) is 3. The van der Waals surface area contributed by atoms with Crippen LogP contribution in [0.4, 0.5) is 5.69 Å². The number of nitrogens with two attached hydrogens (primary N) is 2. The third-order valence-corrected chi connectivity index (χ3v) is 2.77. The molecule has 2 aromatic rings. The predicted octanol–water partition coefficient (Wildman–Crippen LogP) is 0.981. The summed E-state index contributed by atoms with van der Waals surface area (Å²) >= 11 is 0. The second kappa shape index (κ2) is 5.49. The maximum absolute atomic E-state index is 11.7. The van der Waals surface area contributed by atoms with Crippen LogP contribution in [0, 0.1) is 0 Å². The molecule has 2 rings (SSSR count). The third-order valence-electron chi connectivity index (χ3n) is 2.77. The number of primary amides is 1. The molecule has 0 spiro atoms. The SMILES string of the molecule is NC(=O)C[C@@H](N)C(=O)Nc1ccc2ccccc2c1. The van der Waals surface area contributed by atoms with Gasteiger partial charge in [-0.2, -0.15) is 0 Å². The van der Waals surface area contributed by atoms with Crippen molar-refractivity contribution in [3.63, 3.8) is 0 Å². The molecule has 5 heteroatoms. The number of hydrogen-bond donors (Lipinski definition) is 3. The predicted molar refractivity (Wildman–Crippen MR) is 74.4 cm³/mol. The van der Waals surface area contributed by atoms with Gasteiger partial charge < -0.3 is 16.8 Å². The Labute approximate surface area is 110 Å². The summed E-state index contributed by atoms with van der Waals surface area (Å²) in [6.07, 6.45) is -0.167. The number of anilines is 1. The average molecular weight is 257 g/mol. The minimum atomic E-state index is -0.927. The first kappa shape index (κ1) is 13.0. The lowest BCUT2D eigenvalue weighted by Crippen LogP contribution is -2.38. The minimum absolute atomic E-state index is 0.167. The first-order valence-corrected chi connectivity index (χ1v) is 5.90. The molecule has 0 aromatic heterocycles. The van der Waals surface area contributed by atoms with E-state index in [9.17, 15) is 9.59 Å². The Hall–Kier alpha value is -2.40. The van der Waals surface area contributed by atoms with Crippen molar-refractivity contribution in [2.45, 2.75) is 12.5 Å². The molecular weight excluding hydrogens is 242 g/mol. The number of rotatable bonds is 4. The molecule has 0 fully saturated rings. The van der Waals surface area contributed by atoms with E-state index in [1.54, 1.807) is 6.07 Å². The molecule has 0 saturated carbocycles. The van der Waals surface area contributed by atoms with Crippen LogP contribution in [0.25, 0.3) is 10.8 Å². The van der Waals surface area contributed by atoms with Gasteiger partial charge in [-0.25, -0.2) is 0 Å². The summed E-state index contributed by atoms with van der Waals surface area (Å²) in [6, 6.07) is 12.4. The highest BCUT2D eigenvalue weighted by atomic mass is 16.2.